The molecule has 0 aromatic carbocycles. The summed E-state index contributed by atoms with van der Waals surface area (Å²) in [7, 11) is 0. The zero-order valence-electron chi connectivity index (χ0n) is 7.70. The van der Waals surface area contributed by atoms with Crippen molar-refractivity contribution in [1.82, 2.24) is 0 Å². The molecule has 12 heavy (non-hydrogen) atoms. The Balaban J connectivity index is 2.70. The molecule has 0 aromatic rings. The van der Waals surface area contributed by atoms with Crippen LogP contribution in [0.15, 0.2) is 11.6 Å². The average Bonchev–Trinajstić information content (AvgIpc) is 2.53. The van der Waals surface area contributed by atoms with Gasteiger partial charge in [0, 0.05) is 5.92 Å². The van der Waals surface area contributed by atoms with Gasteiger partial charge < -0.3 is 4.79 Å². The van der Waals surface area contributed by atoms with Crippen molar-refractivity contribution in [3.05, 3.63) is 11.6 Å². The Morgan fingerprint density at radius 2 is 1.83 bits per heavy atom. The molecule has 0 bridgehead atoms. The Hall–Kier alpha value is -0.920. The summed E-state index contributed by atoms with van der Waals surface area (Å²) in [6.07, 6.45) is 3.71. The molecule has 0 aromatic heterocycles. The highest BCUT2D eigenvalue weighted by atomic mass is 16.1. The molecular formula is C10H14O2. The van der Waals surface area contributed by atoms with E-state index >= 15 is 0 Å². The maximum absolute atomic E-state index is 10.5. The molecule has 0 N–H and O–H groups in total. The number of hydrogen-bond acceptors (Lipinski definition) is 2. The second-order valence-electron chi connectivity index (χ2n) is 4.04. The van der Waals surface area contributed by atoms with Crippen LogP contribution in [-0.2, 0) is 9.59 Å². The van der Waals surface area contributed by atoms with E-state index in [-0.39, 0.29) is 17.3 Å². The minimum absolute atomic E-state index is 0.0615. The first kappa shape index (κ1) is 9.17. The maximum atomic E-state index is 10.5. The summed E-state index contributed by atoms with van der Waals surface area (Å²) in [4.78, 5) is 20.9. The van der Waals surface area contributed by atoms with E-state index in [0.29, 0.717) is 0 Å². The largest absolute Gasteiger partial charge is 0.303 e. The number of aldehydes is 2. The molecule has 1 fully saturated rings. The van der Waals surface area contributed by atoms with Crippen LogP contribution in [0.3, 0.4) is 0 Å². The smallest absolute Gasteiger partial charge is 0.145 e. The summed E-state index contributed by atoms with van der Waals surface area (Å²) in [5.74, 6) is 0.368. The molecule has 2 nitrogen and oxygen atoms in total. The molecule has 1 rings (SSSR count). The zero-order chi connectivity index (χ0) is 9.35. The first-order chi connectivity index (χ1) is 5.54. The van der Waals surface area contributed by atoms with Gasteiger partial charge in [-0.25, -0.2) is 0 Å². The summed E-state index contributed by atoms with van der Waals surface area (Å²) in [6.45, 7) is 5.86. The summed E-state index contributed by atoms with van der Waals surface area (Å²) in [5.41, 5.74) is 0.781. The van der Waals surface area contributed by atoms with Crippen LogP contribution in [-0.4, -0.2) is 12.6 Å². The van der Waals surface area contributed by atoms with Crippen LogP contribution in [0, 0.1) is 17.3 Å². The molecule has 0 aliphatic heterocycles. The molecule has 1 aliphatic carbocycles. The van der Waals surface area contributed by atoms with Gasteiger partial charge in [0.1, 0.15) is 12.6 Å². The van der Waals surface area contributed by atoms with Gasteiger partial charge >= 0.3 is 0 Å². The van der Waals surface area contributed by atoms with E-state index in [0.717, 1.165) is 18.1 Å². The molecule has 0 heterocycles. The Morgan fingerprint density at radius 3 is 2.17 bits per heavy atom. The fourth-order valence-corrected chi connectivity index (χ4v) is 1.62. The highest BCUT2D eigenvalue weighted by Crippen LogP contribution is 2.57. The SMILES string of the molecule is C/C(C=O)=C\[C@H]1[C@@H](C=O)C1(C)C. The Bertz CT molecular complexity index is 238. The molecule has 0 spiro atoms. The van der Waals surface area contributed by atoms with Gasteiger partial charge in [-0.1, -0.05) is 19.9 Å². The first-order valence-electron chi connectivity index (χ1n) is 4.13. The normalized spacial score (nSPS) is 32.8. The van der Waals surface area contributed by atoms with E-state index in [1.807, 2.05) is 19.9 Å². The minimum Gasteiger partial charge on any atom is -0.303 e. The van der Waals surface area contributed by atoms with Gasteiger partial charge in [0.25, 0.3) is 0 Å². The van der Waals surface area contributed by atoms with Gasteiger partial charge in [0.05, 0.1) is 0 Å². The van der Waals surface area contributed by atoms with Crippen molar-refractivity contribution in [3.8, 4) is 0 Å². The predicted octanol–water partition coefficient (Wildman–Crippen LogP) is 1.60. The van der Waals surface area contributed by atoms with Crippen LogP contribution >= 0.6 is 0 Å². The van der Waals surface area contributed by atoms with Crippen LogP contribution in [0.4, 0.5) is 0 Å². The van der Waals surface area contributed by atoms with E-state index in [1.54, 1.807) is 6.92 Å². The molecule has 1 aliphatic rings. The van der Waals surface area contributed by atoms with Crippen molar-refractivity contribution in [3.63, 3.8) is 0 Å². The second kappa shape index (κ2) is 2.85. The first-order valence-corrected chi connectivity index (χ1v) is 4.13. The topological polar surface area (TPSA) is 34.1 Å². The van der Waals surface area contributed by atoms with Crippen molar-refractivity contribution >= 4 is 12.6 Å². The van der Waals surface area contributed by atoms with Crippen molar-refractivity contribution in [2.45, 2.75) is 20.8 Å². The predicted molar refractivity (Wildman–Crippen MR) is 46.6 cm³/mol. The standard InChI is InChI=1S/C10H14O2/c1-7(5-11)4-8-9(6-12)10(8,2)3/h4-6,8-9H,1-3H3/b7-4+/t8-,9+/m0/s1. The summed E-state index contributed by atoms with van der Waals surface area (Å²) in [5, 5.41) is 0. The van der Waals surface area contributed by atoms with Gasteiger partial charge in [-0.2, -0.15) is 0 Å². The average molecular weight is 166 g/mol. The summed E-state index contributed by atoms with van der Waals surface area (Å²) >= 11 is 0. The van der Waals surface area contributed by atoms with E-state index in [1.165, 1.54) is 0 Å². The lowest BCUT2D eigenvalue weighted by Crippen LogP contribution is -1.90. The molecule has 2 heteroatoms. The lowest BCUT2D eigenvalue weighted by atomic mass is 10.1. The Labute approximate surface area is 72.7 Å². The van der Waals surface area contributed by atoms with Crippen molar-refractivity contribution in [2.24, 2.45) is 17.3 Å². The zero-order valence-corrected chi connectivity index (χ0v) is 7.70. The van der Waals surface area contributed by atoms with Gasteiger partial charge in [-0.15, -0.1) is 0 Å². The lowest BCUT2D eigenvalue weighted by molar-refractivity contribution is -0.109. The van der Waals surface area contributed by atoms with Crippen LogP contribution < -0.4 is 0 Å². The third-order valence-electron chi connectivity index (χ3n) is 2.77. The van der Waals surface area contributed by atoms with Crippen molar-refractivity contribution in [2.75, 3.05) is 0 Å². The molecule has 0 saturated heterocycles. The highest BCUT2D eigenvalue weighted by Gasteiger charge is 2.56. The van der Waals surface area contributed by atoms with Crippen molar-refractivity contribution < 1.29 is 9.59 Å². The van der Waals surface area contributed by atoms with Gasteiger partial charge in [-0.05, 0) is 23.8 Å². The van der Waals surface area contributed by atoms with Crippen LogP contribution in [0.1, 0.15) is 20.8 Å². The van der Waals surface area contributed by atoms with E-state index in [2.05, 4.69) is 0 Å². The fraction of sp³-hybridized carbons (Fsp3) is 0.600. The molecule has 1 saturated carbocycles. The number of carbonyl (C=O) groups excluding carboxylic acids is 2. The van der Waals surface area contributed by atoms with Crippen LogP contribution in [0.5, 0.6) is 0 Å². The van der Waals surface area contributed by atoms with Gasteiger partial charge in [0.2, 0.25) is 0 Å². The number of carbonyl (C=O) groups is 2. The third kappa shape index (κ3) is 1.33. The number of allylic oxidation sites excluding steroid dienone is 2. The quantitative estimate of drug-likeness (QED) is 0.471. The summed E-state index contributed by atoms with van der Waals surface area (Å²) < 4.78 is 0. The Kier molecular flexibility index (Phi) is 2.18. The highest BCUT2D eigenvalue weighted by molar-refractivity contribution is 5.73. The Morgan fingerprint density at radius 1 is 1.25 bits per heavy atom. The second-order valence-corrected chi connectivity index (χ2v) is 4.04. The maximum Gasteiger partial charge on any atom is 0.145 e. The van der Waals surface area contributed by atoms with Gasteiger partial charge in [0.15, 0.2) is 0 Å². The van der Waals surface area contributed by atoms with Crippen molar-refractivity contribution in [1.29, 1.82) is 0 Å². The van der Waals surface area contributed by atoms with E-state index in [9.17, 15) is 9.59 Å². The molecule has 66 valence electrons. The van der Waals surface area contributed by atoms with E-state index in [4.69, 9.17) is 0 Å². The number of rotatable bonds is 3. The molecule has 2 atom stereocenters. The molecule has 0 amide bonds. The third-order valence-corrected chi connectivity index (χ3v) is 2.77. The fourth-order valence-electron chi connectivity index (χ4n) is 1.62. The lowest BCUT2D eigenvalue weighted by Gasteiger charge is -1.96. The number of hydrogen-bond donors (Lipinski definition) is 0. The van der Waals surface area contributed by atoms with Gasteiger partial charge in [-0.3, -0.25) is 4.79 Å². The van der Waals surface area contributed by atoms with E-state index < -0.39 is 0 Å². The molecule has 0 unspecified atom stereocenters. The minimum atomic E-state index is 0.0615. The monoisotopic (exact) mass is 166 g/mol. The molecule has 0 radical (unpaired) electrons. The van der Waals surface area contributed by atoms with Crippen LogP contribution in [0.25, 0.3) is 0 Å². The molecular weight excluding hydrogens is 152 g/mol. The van der Waals surface area contributed by atoms with Crippen LogP contribution in [0.2, 0.25) is 0 Å². The summed E-state index contributed by atoms with van der Waals surface area (Å²) in [6, 6.07) is 0.